The Kier molecular flexibility index (Phi) is 6.64. The molecule has 0 spiro atoms. The number of para-hydroxylation sites is 1. The molecule has 1 heterocycles. The van der Waals surface area contributed by atoms with Crippen molar-refractivity contribution < 1.29 is 9.53 Å². The first-order valence-corrected chi connectivity index (χ1v) is 10.8. The molecule has 4 aromatic rings. The normalized spacial score (nSPS) is 10.6. The lowest BCUT2D eigenvalue weighted by atomic mass is 10.2. The van der Waals surface area contributed by atoms with Crippen molar-refractivity contribution in [2.24, 2.45) is 0 Å². The second kappa shape index (κ2) is 9.95. The summed E-state index contributed by atoms with van der Waals surface area (Å²) < 4.78 is 7.32. The SMILES string of the molecule is COc1cccc(-c2nnc(SCC(=O)NCc3ccccc3)n2-c2ccccc2)c1. The van der Waals surface area contributed by atoms with E-state index in [1.807, 2.05) is 89.5 Å². The van der Waals surface area contributed by atoms with Crippen molar-refractivity contribution in [1.82, 2.24) is 20.1 Å². The summed E-state index contributed by atoms with van der Waals surface area (Å²) in [5.74, 6) is 1.63. The van der Waals surface area contributed by atoms with Crippen molar-refractivity contribution in [3.05, 3.63) is 90.5 Å². The van der Waals surface area contributed by atoms with Gasteiger partial charge < -0.3 is 10.1 Å². The Morgan fingerprint density at radius 3 is 2.45 bits per heavy atom. The van der Waals surface area contributed by atoms with Gasteiger partial charge in [0.05, 0.1) is 12.9 Å². The van der Waals surface area contributed by atoms with E-state index >= 15 is 0 Å². The van der Waals surface area contributed by atoms with E-state index in [0.29, 0.717) is 17.5 Å². The summed E-state index contributed by atoms with van der Waals surface area (Å²) in [6.07, 6.45) is 0. The molecule has 0 unspecified atom stereocenters. The third-order valence-corrected chi connectivity index (χ3v) is 5.57. The van der Waals surface area contributed by atoms with Gasteiger partial charge in [-0.05, 0) is 29.8 Å². The zero-order chi connectivity index (χ0) is 21.5. The van der Waals surface area contributed by atoms with Gasteiger partial charge in [-0.3, -0.25) is 9.36 Å². The van der Waals surface area contributed by atoms with Gasteiger partial charge in [-0.15, -0.1) is 10.2 Å². The standard InChI is InChI=1S/C24H22N4O2S/c1-30-21-14-8-11-19(15-21)23-26-27-24(28(23)20-12-6-3-7-13-20)31-17-22(29)25-16-18-9-4-2-5-10-18/h2-15H,16-17H2,1H3,(H,25,29). The van der Waals surface area contributed by atoms with E-state index in [2.05, 4.69) is 15.5 Å². The van der Waals surface area contributed by atoms with Crippen molar-refractivity contribution >= 4 is 17.7 Å². The molecular formula is C24H22N4O2S. The average molecular weight is 431 g/mol. The summed E-state index contributed by atoms with van der Waals surface area (Å²) in [6.45, 7) is 0.501. The molecule has 31 heavy (non-hydrogen) atoms. The third kappa shape index (κ3) is 5.13. The molecule has 0 aliphatic heterocycles. The summed E-state index contributed by atoms with van der Waals surface area (Å²) in [6, 6.07) is 27.4. The Hall–Kier alpha value is -3.58. The largest absolute Gasteiger partial charge is 0.497 e. The lowest BCUT2D eigenvalue weighted by Gasteiger charge is -2.11. The second-order valence-corrected chi connectivity index (χ2v) is 7.70. The van der Waals surface area contributed by atoms with Crippen molar-refractivity contribution in [1.29, 1.82) is 0 Å². The number of benzene rings is 3. The van der Waals surface area contributed by atoms with Gasteiger partial charge in [0.15, 0.2) is 11.0 Å². The van der Waals surface area contributed by atoms with Crippen LogP contribution in [0.3, 0.4) is 0 Å². The second-order valence-electron chi connectivity index (χ2n) is 6.76. The van der Waals surface area contributed by atoms with Crippen LogP contribution in [0.4, 0.5) is 0 Å². The molecule has 0 aliphatic carbocycles. The minimum atomic E-state index is -0.0561. The maximum atomic E-state index is 12.4. The first kappa shape index (κ1) is 20.7. The molecule has 0 bridgehead atoms. The maximum Gasteiger partial charge on any atom is 0.230 e. The van der Waals surface area contributed by atoms with E-state index < -0.39 is 0 Å². The van der Waals surface area contributed by atoms with Gasteiger partial charge >= 0.3 is 0 Å². The minimum Gasteiger partial charge on any atom is -0.497 e. The topological polar surface area (TPSA) is 69.0 Å². The van der Waals surface area contributed by atoms with E-state index in [9.17, 15) is 4.79 Å². The van der Waals surface area contributed by atoms with Crippen LogP contribution in [0.2, 0.25) is 0 Å². The van der Waals surface area contributed by atoms with E-state index in [4.69, 9.17) is 4.74 Å². The van der Waals surface area contributed by atoms with Crippen LogP contribution in [0.25, 0.3) is 17.1 Å². The summed E-state index contributed by atoms with van der Waals surface area (Å²) >= 11 is 1.36. The highest BCUT2D eigenvalue weighted by Crippen LogP contribution is 2.29. The van der Waals surface area contributed by atoms with Crippen LogP contribution < -0.4 is 10.1 Å². The monoisotopic (exact) mass is 430 g/mol. The molecule has 0 atom stereocenters. The number of nitrogens with zero attached hydrogens (tertiary/aromatic N) is 3. The number of thioether (sulfide) groups is 1. The molecule has 3 aromatic carbocycles. The van der Waals surface area contributed by atoms with E-state index in [-0.39, 0.29) is 11.7 Å². The Morgan fingerprint density at radius 2 is 1.71 bits per heavy atom. The molecule has 7 heteroatoms. The molecule has 0 aliphatic rings. The Balaban J connectivity index is 1.55. The first-order valence-electron chi connectivity index (χ1n) is 9.83. The van der Waals surface area contributed by atoms with Gasteiger partial charge in [0.2, 0.25) is 5.91 Å². The molecule has 0 fully saturated rings. The quantitative estimate of drug-likeness (QED) is 0.421. The Morgan fingerprint density at radius 1 is 0.968 bits per heavy atom. The van der Waals surface area contributed by atoms with Crippen LogP contribution in [0, 0.1) is 0 Å². The molecule has 1 amide bonds. The van der Waals surface area contributed by atoms with Crippen LogP contribution in [-0.4, -0.2) is 33.5 Å². The van der Waals surface area contributed by atoms with Crippen molar-refractivity contribution in [3.63, 3.8) is 0 Å². The number of hydrogen-bond donors (Lipinski definition) is 1. The van der Waals surface area contributed by atoms with E-state index in [0.717, 1.165) is 22.6 Å². The number of ether oxygens (including phenoxy) is 1. The number of aromatic nitrogens is 3. The lowest BCUT2D eigenvalue weighted by Crippen LogP contribution is -2.24. The molecule has 1 aromatic heterocycles. The van der Waals surface area contributed by atoms with Gasteiger partial charge in [0, 0.05) is 17.8 Å². The van der Waals surface area contributed by atoms with Gasteiger partial charge in [-0.2, -0.15) is 0 Å². The highest BCUT2D eigenvalue weighted by Gasteiger charge is 2.17. The third-order valence-electron chi connectivity index (χ3n) is 4.64. The predicted molar refractivity (Wildman–Crippen MR) is 122 cm³/mol. The van der Waals surface area contributed by atoms with Crippen molar-refractivity contribution in [2.45, 2.75) is 11.7 Å². The van der Waals surface area contributed by atoms with Gasteiger partial charge in [-0.1, -0.05) is 72.4 Å². The molecule has 0 saturated heterocycles. The number of carbonyl (C=O) groups excluding carboxylic acids is 1. The average Bonchev–Trinajstić information content (AvgIpc) is 3.26. The number of amides is 1. The van der Waals surface area contributed by atoms with Gasteiger partial charge in [0.1, 0.15) is 5.75 Å². The fourth-order valence-electron chi connectivity index (χ4n) is 3.10. The van der Waals surface area contributed by atoms with Crippen LogP contribution in [0.15, 0.2) is 90.1 Å². The van der Waals surface area contributed by atoms with E-state index in [1.54, 1.807) is 7.11 Å². The first-order chi connectivity index (χ1) is 15.2. The van der Waals surface area contributed by atoms with Gasteiger partial charge in [-0.25, -0.2) is 0 Å². The smallest absolute Gasteiger partial charge is 0.230 e. The minimum absolute atomic E-state index is 0.0561. The van der Waals surface area contributed by atoms with Crippen molar-refractivity contribution in [2.75, 3.05) is 12.9 Å². The molecule has 4 rings (SSSR count). The zero-order valence-corrected chi connectivity index (χ0v) is 17.9. The number of hydrogen-bond acceptors (Lipinski definition) is 5. The fourth-order valence-corrected chi connectivity index (χ4v) is 3.88. The number of nitrogens with one attached hydrogen (secondary N) is 1. The Bertz CT molecular complexity index is 1150. The van der Waals surface area contributed by atoms with Gasteiger partial charge in [0.25, 0.3) is 0 Å². The highest BCUT2D eigenvalue weighted by molar-refractivity contribution is 7.99. The van der Waals surface area contributed by atoms with Crippen LogP contribution >= 0.6 is 11.8 Å². The molecular weight excluding hydrogens is 408 g/mol. The molecule has 0 saturated carbocycles. The maximum absolute atomic E-state index is 12.4. The number of methoxy groups -OCH3 is 1. The highest BCUT2D eigenvalue weighted by atomic mass is 32.2. The summed E-state index contributed by atoms with van der Waals surface area (Å²) in [7, 11) is 1.64. The predicted octanol–water partition coefficient (Wildman–Crippen LogP) is 4.35. The summed E-state index contributed by atoms with van der Waals surface area (Å²) in [5, 5.41) is 12.4. The number of rotatable bonds is 8. The zero-order valence-electron chi connectivity index (χ0n) is 17.1. The molecule has 156 valence electrons. The molecule has 6 nitrogen and oxygen atoms in total. The molecule has 0 radical (unpaired) electrons. The van der Waals surface area contributed by atoms with Crippen LogP contribution in [0.5, 0.6) is 5.75 Å². The fraction of sp³-hybridized carbons (Fsp3) is 0.125. The summed E-state index contributed by atoms with van der Waals surface area (Å²) in [4.78, 5) is 12.4. The lowest BCUT2D eigenvalue weighted by molar-refractivity contribution is -0.118. The van der Waals surface area contributed by atoms with Crippen LogP contribution in [0.1, 0.15) is 5.56 Å². The Labute approximate surface area is 185 Å². The summed E-state index contributed by atoms with van der Waals surface area (Å²) in [5.41, 5.74) is 2.88. The molecule has 1 N–H and O–H groups in total. The van der Waals surface area contributed by atoms with Crippen LogP contribution in [-0.2, 0) is 11.3 Å². The number of carbonyl (C=O) groups is 1. The van der Waals surface area contributed by atoms with E-state index in [1.165, 1.54) is 11.8 Å². The van der Waals surface area contributed by atoms with Crippen molar-refractivity contribution in [3.8, 4) is 22.8 Å².